The van der Waals surface area contributed by atoms with Gasteiger partial charge < -0.3 is 4.74 Å². The Bertz CT molecular complexity index is 349. The molecule has 78 valence electrons. The fourth-order valence-corrected chi connectivity index (χ4v) is 0.952. The Labute approximate surface area is 92.9 Å². The number of ether oxygens (including phenoxy) is 1. The van der Waals surface area contributed by atoms with Crippen molar-refractivity contribution in [1.29, 1.82) is 0 Å². The second-order valence-corrected chi connectivity index (χ2v) is 3.00. The Balaban J connectivity index is 2.43. The van der Waals surface area contributed by atoms with Gasteiger partial charge in [0.05, 0.1) is 17.4 Å². The molecule has 0 radical (unpaired) electrons. The number of carbonyl (C=O) groups excluding carboxylic acids is 1. The number of halogens is 1. The number of hydrogen-bond acceptors (Lipinski definition) is 4. The highest BCUT2D eigenvalue weighted by molar-refractivity contribution is 6.30. The zero-order chi connectivity index (χ0) is 11.1. The highest BCUT2D eigenvalue weighted by atomic mass is 35.5. The summed E-state index contributed by atoms with van der Waals surface area (Å²) >= 11 is 5.69. The summed E-state index contributed by atoms with van der Waals surface area (Å²) < 4.78 is 4.59. The molecule has 1 N–H and O–H groups in total. The predicted molar refractivity (Wildman–Crippen MR) is 59.1 cm³/mol. The van der Waals surface area contributed by atoms with Crippen molar-refractivity contribution in [3.63, 3.8) is 0 Å². The summed E-state index contributed by atoms with van der Waals surface area (Å²) in [5.74, 6) is -0.598. The number of esters is 1. The highest BCUT2D eigenvalue weighted by Crippen LogP contribution is 2.12. The van der Waals surface area contributed by atoms with E-state index in [4.69, 9.17) is 11.6 Å². The standard InChI is InChI=1S/C10H9ClN2O2/c1-2-15-10(14)7-12-13-9-5-3-8(11)4-6-9/h3-6H,2H2,1H3/p+1. The van der Waals surface area contributed by atoms with Gasteiger partial charge in [-0.05, 0) is 31.2 Å². The molecule has 0 saturated heterocycles. The average Bonchev–Trinajstić information content (AvgIpc) is 2.21. The molecule has 0 unspecified atom stereocenters. The fourth-order valence-electron chi connectivity index (χ4n) is 0.826. The van der Waals surface area contributed by atoms with Crippen LogP contribution in [-0.4, -0.2) is 18.8 Å². The van der Waals surface area contributed by atoms with Crippen LogP contribution in [0.25, 0.3) is 0 Å². The number of nitrogens with zero attached hydrogens (tertiary/aromatic N) is 1. The zero-order valence-corrected chi connectivity index (χ0v) is 8.91. The van der Waals surface area contributed by atoms with E-state index in [1.807, 2.05) is 0 Å². The third-order valence-corrected chi connectivity index (χ3v) is 1.70. The maximum absolute atomic E-state index is 10.8. The molecule has 0 fully saturated rings. The topological polar surface area (TPSA) is 50.7 Å². The number of nitrogens with one attached hydrogen (secondary N) is 1. The summed E-state index contributed by atoms with van der Waals surface area (Å²) in [7, 11) is 0. The minimum Gasteiger partial charge on any atom is -0.420 e. The number of rotatable bonds is 4. The molecule has 0 aliphatic heterocycles. The maximum Gasteiger partial charge on any atom is 0.619 e. The van der Waals surface area contributed by atoms with Crippen molar-refractivity contribution in [2.24, 2.45) is 5.10 Å². The van der Waals surface area contributed by atoms with Crippen LogP contribution in [0.5, 0.6) is 0 Å². The Morgan fingerprint density at radius 1 is 1.53 bits per heavy atom. The van der Waals surface area contributed by atoms with E-state index in [0.29, 0.717) is 11.6 Å². The first-order valence-electron chi connectivity index (χ1n) is 4.36. The van der Waals surface area contributed by atoms with Gasteiger partial charge in [-0.1, -0.05) is 11.6 Å². The zero-order valence-electron chi connectivity index (χ0n) is 8.16. The van der Waals surface area contributed by atoms with Gasteiger partial charge in [-0.3, -0.25) is 0 Å². The molecule has 0 aromatic heterocycles. The third kappa shape index (κ3) is 4.40. The molecule has 1 rings (SSSR count). The molecule has 0 aliphatic rings. The summed E-state index contributed by atoms with van der Waals surface area (Å²) in [6, 6.07) is 6.89. The van der Waals surface area contributed by atoms with E-state index in [1.165, 1.54) is 0 Å². The van der Waals surface area contributed by atoms with Gasteiger partial charge in [-0.2, -0.15) is 4.79 Å². The minimum absolute atomic E-state index is 0.308. The largest absolute Gasteiger partial charge is 0.619 e. The van der Waals surface area contributed by atoms with Gasteiger partial charge in [0, 0.05) is 5.02 Å². The van der Waals surface area contributed by atoms with Crippen molar-refractivity contribution in [3.05, 3.63) is 29.3 Å². The summed E-state index contributed by atoms with van der Waals surface area (Å²) in [6.07, 6.45) is 2.17. The predicted octanol–water partition coefficient (Wildman–Crippen LogP) is 2.18. The maximum atomic E-state index is 10.8. The molecule has 1 aromatic rings. The summed E-state index contributed by atoms with van der Waals surface area (Å²) in [4.78, 5) is 10.8. The van der Waals surface area contributed by atoms with E-state index < -0.39 is 5.97 Å². The summed E-state index contributed by atoms with van der Waals surface area (Å²) in [6.45, 7) is 2.02. The van der Waals surface area contributed by atoms with E-state index in [9.17, 15) is 4.79 Å². The quantitative estimate of drug-likeness (QED) is 0.370. The Hall–Kier alpha value is -1.64. The first-order chi connectivity index (χ1) is 7.22. The smallest absolute Gasteiger partial charge is 0.420 e. The Morgan fingerprint density at radius 2 is 2.20 bits per heavy atom. The third-order valence-electron chi connectivity index (χ3n) is 1.45. The molecule has 0 atom stereocenters. The molecule has 15 heavy (non-hydrogen) atoms. The van der Waals surface area contributed by atoms with E-state index in [1.54, 1.807) is 31.2 Å². The molecular formula is C10H10ClN2O2+. The van der Waals surface area contributed by atoms with Crippen molar-refractivity contribution in [2.45, 2.75) is 6.92 Å². The lowest BCUT2D eigenvalue weighted by atomic mass is 10.3. The van der Waals surface area contributed by atoms with Crippen LogP contribution in [0.4, 0.5) is 5.69 Å². The second kappa shape index (κ2) is 5.96. The second-order valence-electron chi connectivity index (χ2n) is 2.56. The van der Waals surface area contributed by atoms with Crippen LogP contribution in [-0.2, 0) is 9.53 Å². The first kappa shape index (κ1) is 11.4. The normalized spacial score (nSPS) is 9.73. The molecule has 4 nitrogen and oxygen atoms in total. The number of anilines is 1. The van der Waals surface area contributed by atoms with E-state index in [0.717, 1.165) is 5.69 Å². The van der Waals surface area contributed by atoms with Gasteiger partial charge in [0.15, 0.2) is 0 Å². The van der Waals surface area contributed by atoms with Crippen LogP contribution in [0.1, 0.15) is 6.92 Å². The monoisotopic (exact) mass is 225 g/mol. The molecule has 0 bridgehead atoms. The SMILES string of the molecule is CCOC(=O)[C+]=NNc1ccc(Cl)cc1. The lowest BCUT2D eigenvalue weighted by Crippen LogP contribution is -2.06. The Morgan fingerprint density at radius 3 is 2.80 bits per heavy atom. The number of hydrazone groups is 1. The number of hydrogen-bond donors (Lipinski definition) is 1. The van der Waals surface area contributed by atoms with Crippen molar-refractivity contribution < 1.29 is 9.53 Å². The number of carbonyl (C=O) groups is 1. The average molecular weight is 226 g/mol. The van der Waals surface area contributed by atoms with Crippen molar-refractivity contribution in [3.8, 4) is 0 Å². The van der Waals surface area contributed by atoms with Gasteiger partial charge in [0.25, 0.3) is 0 Å². The van der Waals surface area contributed by atoms with Gasteiger partial charge in [-0.25, -0.2) is 5.43 Å². The van der Waals surface area contributed by atoms with Crippen LogP contribution < -0.4 is 5.43 Å². The van der Waals surface area contributed by atoms with E-state index in [2.05, 4.69) is 21.5 Å². The van der Waals surface area contributed by atoms with E-state index >= 15 is 0 Å². The van der Waals surface area contributed by atoms with Crippen LogP contribution >= 0.6 is 11.6 Å². The molecule has 1 aromatic carbocycles. The first-order valence-corrected chi connectivity index (χ1v) is 4.74. The molecule has 0 heterocycles. The van der Waals surface area contributed by atoms with Gasteiger partial charge in [0.1, 0.15) is 0 Å². The van der Waals surface area contributed by atoms with E-state index in [-0.39, 0.29) is 0 Å². The Kier molecular flexibility index (Phi) is 4.54. The molecule has 0 spiro atoms. The lowest BCUT2D eigenvalue weighted by molar-refractivity contribution is -0.134. The van der Waals surface area contributed by atoms with Gasteiger partial charge in [-0.15, -0.1) is 0 Å². The van der Waals surface area contributed by atoms with Crippen molar-refractivity contribution in [1.82, 2.24) is 0 Å². The van der Waals surface area contributed by atoms with Crippen LogP contribution in [0.2, 0.25) is 5.02 Å². The fraction of sp³-hybridized carbons (Fsp3) is 0.200. The van der Waals surface area contributed by atoms with Gasteiger partial charge in [0.2, 0.25) is 0 Å². The summed E-state index contributed by atoms with van der Waals surface area (Å²) in [5.41, 5.74) is 3.33. The number of benzene rings is 1. The van der Waals surface area contributed by atoms with Crippen LogP contribution in [0.15, 0.2) is 29.4 Å². The van der Waals surface area contributed by atoms with Crippen molar-refractivity contribution in [2.75, 3.05) is 12.0 Å². The molecule has 5 heteroatoms. The minimum atomic E-state index is -0.598. The molecule has 0 aliphatic carbocycles. The van der Waals surface area contributed by atoms with Gasteiger partial charge >= 0.3 is 12.2 Å². The van der Waals surface area contributed by atoms with Crippen LogP contribution in [0, 0.1) is 0 Å². The molecular weight excluding hydrogens is 216 g/mol. The lowest BCUT2D eigenvalue weighted by Gasteiger charge is -1.93. The van der Waals surface area contributed by atoms with Crippen molar-refractivity contribution >= 4 is 29.5 Å². The molecule has 0 amide bonds. The molecule has 0 saturated carbocycles. The highest BCUT2D eigenvalue weighted by Gasteiger charge is 2.15. The van der Waals surface area contributed by atoms with Crippen LogP contribution in [0.3, 0.4) is 0 Å². The summed E-state index contributed by atoms with van der Waals surface area (Å²) in [5, 5.41) is 4.21.